The third kappa shape index (κ3) is 6.77. The monoisotopic (exact) mass is 474 g/mol. The minimum atomic E-state index is -1.37. The molecule has 2 atom stereocenters. The summed E-state index contributed by atoms with van der Waals surface area (Å²) in [5, 5.41) is 6.12. The van der Waals surface area contributed by atoms with Gasteiger partial charge in [0.2, 0.25) is 0 Å². The summed E-state index contributed by atoms with van der Waals surface area (Å²) in [7, 11) is 1.61. The van der Waals surface area contributed by atoms with Crippen LogP contribution in [0.15, 0.2) is 30.6 Å². The van der Waals surface area contributed by atoms with Crippen LogP contribution in [0.2, 0.25) is 0 Å². The van der Waals surface area contributed by atoms with Crippen LogP contribution in [-0.4, -0.2) is 64.9 Å². The van der Waals surface area contributed by atoms with Gasteiger partial charge < -0.3 is 30.7 Å². The number of pyridine rings is 2. The molecule has 3 rings (SSSR count). The summed E-state index contributed by atoms with van der Waals surface area (Å²) >= 11 is 0. The number of anilines is 3. The van der Waals surface area contributed by atoms with Crippen LogP contribution < -0.4 is 16.4 Å². The van der Waals surface area contributed by atoms with E-state index in [1.807, 2.05) is 6.07 Å². The van der Waals surface area contributed by atoms with Crippen molar-refractivity contribution in [3.8, 4) is 0 Å². The van der Waals surface area contributed by atoms with Crippen molar-refractivity contribution in [1.82, 2.24) is 14.9 Å². The number of alkyl halides is 1. The van der Waals surface area contributed by atoms with E-state index in [1.165, 1.54) is 11.1 Å². The largest absolute Gasteiger partial charge is 0.444 e. The van der Waals surface area contributed by atoms with Gasteiger partial charge in [-0.1, -0.05) is 6.07 Å². The summed E-state index contributed by atoms with van der Waals surface area (Å²) in [5.74, 6) is 0.255. The number of aromatic nitrogens is 2. The Morgan fingerprint density at radius 2 is 1.97 bits per heavy atom. The van der Waals surface area contributed by atoms with Gasteiger partial charge in [0.1, 0.15) is 23.4 Å². The molecule has 34 heavy (non-hydrogen) atoms. The highest BCUT2D eigenvalue weighted by Crippen LogP contribution is 2.26. The maximum atomic E-state index is 15.0. The Kier molecular flexibility index (Phi) is 7.87. The van der Waals surface area contributed by atoms with Crippen LogP contribution in [0.4, 0.5) is 26.5 Å². The number of hydrogen-bond donors (Lipinski definition) is 3. The van der Waals surface area contributed by atoms with Gasteiger partial charge in [0.15, 0.2) is 0 Å². The summed E-state index contributed by atoms with van der Waals surface area (Å²) in [6.45, 7) is 5.92. The first-order chi connectivity index (χ1) is 16.1. The Labute approximate surface area is 198 Å². The van der Waals surface area contributed by atoms with Crippen LogP contribution in [0, 0.1) is 0 Å². The summed E-state index contributed by atoms with van der Waals surface area (Å²) in [6.07, 6.45) is 1.41. The fraction of sp³-hybridized carbons (Fsp3) is 0.478. The lowest BCUT2D eigenvalue weighted by Gasteiger charge is -2.36. The average molecular weight is 475 g/mol. The molecule has 2 amide bonds. The second-order valence-corrected chi connectivity index (χ2v) is 9.07. The zero-order chi connectivity index (χ0) is 24.9. The van der Waals surface area contributed by atoms with E-state index < -0.39 is 29.8 Å². The van der Waals surface area contributed by atoms with E-state index in [0.717, 1.165) is 5.56 Å². The van der Waals surface area contributed by atoms with Crippen molar-refractivity contribution in [2.75, 3.05) is 30.8 Å². The Balaban J connectivity index is 1.70. The van der Waals surface area contributed by atoms with Crippen molar-refractivity contribution in [3.63, 3.8) is 0 Å². The number of halogens is 1. The van der Waals surface area contributed by atoms with E-state index >= 15 is 0 Å². The lowest BCUT2D eigenvalue weighted by Crippen LogP contribution is -2.51. The number of amides is 2. The van der Waals surface area contributed by atoms with Crippen molar-refractivity contribution in [3.05, 3.63) is 41.7 Å². The first kappa shape index (κ1) is 25.2. The molecule has 1 aliphatic heterocycles. The highest BCUT2D eigenvalue weighted by Gasteiger charge is 2.34. The molecule has 1 saturated heterocycles. The third-order valence-corrected chi connectivity index (χ3v) is 5.10. The van der Waals surface area contributed by atoms with Crippen LogP contribution in [0.25, 0.3) is 0 Å². The van der Waals surface area contributed by atoms with Gasteiger partial charge in [-0.05, 0) is 38.8 Å². The second-order valence-electron chi connectivity index (χ2n) is 9.07. The summed E-state index contributed by atoms with van der Waals surface area (Å²) in [4.78, 5) is 34.1. The quantitative estimate of drug-likeness (QED) is 0.557. The molecule has 0 spiro atoms. The van der Waals surface area contributed by atoms with Crippen LogP contribution in [0.3, 0.4) is 0 Å². The lowest BCUT2D eigenvalue weighted by molar-refractivity contribution is 0.0125. The van der Waals surface area contributed by atoms with Crippen molar-refractivity contribution in [2.45, 2.75) is 51.6 Å². The van der Waals surface area contributed by atoms with Gasteiger partial charge in [-0.15, -0.1) is 0 Å². The maximum Gasteiger partial charge on any atom is 0.410 e. The van der Waals surface area contributed by atoms with Crippen molar-refractivity contribution in [1.29, 1.82) is 0 Å². The Hall–Kier alpha value is -3.47. The Morgan fingerprint density at radius 3 is 2.56 bits per heavy atom. The van der Waals surface area contributed by atoms with Gasteiger partial charge in [0.25, 0.3) is 5.91 Å². The number of carbonyl (C=O) groups excluding carboxylic acids is 2. The summed E-state index contributed by atoms with van der Waals surface area (Å²) in [5.41, 5.74) is 6.23. The molecule has 0 saturated carbocycles. The van der Waals surface area contributed by atoms with Crippen LogP contribution in [-0.2, 0) is 16.1 Å². The molecule has 3 heterocycles. The standard InChI is InChI=1S/C23H31FN6O4/c1-23(2,3)34-22(32)30-8-7-17(16(24)12-30)28-18-9-20(27-11-15(18)21(25)31)29-19-6-5-14(10-26-19)13-33-4/h5-6,9-11,16-17H,7-8,12-13H2,1-4H3,(H2,25,31)(H2,26,27,28,29)/t16-,17+/m0/s1. The predicted octanol–water partition coefficient (Wildman–Crippen LogP) is 3.22. The van der Waals surface area contributed by atoms with Gasteiger partial charge >= 0.3 is 6.09 Å². The molecular formula is C23H31FN6O4. The second kappa shape index (κ2) is 10.6. The number of methoxy groups -OCH3 is 1. The third-order valence-electron chi connectivity index (χ3n) is 5.10. The number of rotatable bonds is 7. The first-order valence-corrected chi connectivity index (χ1v) is 10.9. The fourth-order valence-corrected chi connectivity index (χ4v) is 3.48. The number of primary amides is 1. The first-order valence-electron chi connectivity index (χ1n) is 10.9. The molecule has 0 aromatic carbocycles. The highest BCUT2D eigenvalue weighted by molar-refractivity contribution is 5.98. The smallest absolute Gasteiger partial charge is 0.410 e. The lowest BCUT2D eigenvalue weighted by atomic mass is 10.0. The molecule has 2 aromatic heterocycles. The number of likely N-dealkylation sites (tertiary alicyclic amines) is 1. The number of nitrogens with two attached hydrogens (primary N) is 1. The zero-order valence-corrected chi connectivity index (χ0v) is 19.8. The Morgan fingerprint density at radius 1 is 1.24 bits per heavy atom. The van der Waals surface area contributed by atoms with Crippen molar-refractivity contribution in [2.24, 2.45) is 5.73 Å². The number of nitrogens with zero attached hydrogens (tertiary/aromatic N) is 3. The van der Waals surface area contributed by atoms with Crippen LogP contribution in [0.1, 0.15) is 43.1 Å². The SMILES string of the molecule is COCc1ccc(Nc2cc(N[C@@H]3CCN(C(=O)OC(C)(C)C)C[C@@H]3F)c(C(N)=O)cn2)nc1. The van der Waals surface area contributed by atoms with Gasteiger partial charge in [-0.2, -0.15) is 0 Å². The molecule has 4 N–H and O–H groups in total. The summed E-state index contributed by atoms with van der Waals surface area (Å²) in [6, 6.07) is 4.59. The van der Waals surface area contributed by atoms with Crippen LogP contribution in [0.5, 0.6) is 0 Å². The Bertz CT molecular complexity index is 1010. The van der Waals surface area contributed by atoms with E-state index in [0.29, 0.717) is 36.9 Å². The van der Waals surface area contributed by atoms with E-state index in [2.05, 4.69) is 20.6 Å². The highest BCUT2D eigenvalue weighted by atomic mass is 19.1. The van der Waals surface area contributed by atoms with Crippen molar-refractivity contribution >= 4 is 29.3 Å². The number of hydrogen-bond acceptors (Lipinski definition) is 8. The number of piperidine rings is 1. The molecule has 0 radical (unpaired) electrons. The zero-order valence-electron chi connectivity index (χ0n) is 19.8. The molecule has 184 valence electrons. The molecule has 10 nitrogen and oxygen atoms in total. The topological polar surface area (TPSA) is 132 Å². The van der Waals surface area contributed by atoms with Crippen molar-refractivity contribution < 1.29 is 23.5 Å². The predicted molar refractivity (Wildman–Crippen MR) is 126 cm³/mol. The van der Waals surface area contributed by atoms with Gasteiger partial charge in [-0.3, -0.25) is 4.79 Å². The molecule has 1 aliphatic rings. The van der Waals surface area contributed by atoms with Gasteiger partial charge in [0.05, 0.1) is 30.4 Å². The minimum absolute atomic E-state index is 0.119. The van der Waals surface area contributed by atoms with E-state index in [1.54, 1.807) is 46.2 Å². The molecule has 0 aliphatic carbocycles. The fourth-order valence-electron chi connectivity index (χ4n) is 3.48. The van der Waals surface area contributed by atoms with E-state index in [4.69, 9.17) is 15.2 Å². The number of carbonyl (C=O) groups is 2. The number of nitrogens with one attached hydrogen (secondary N) is 2. The average Bonchev–Trinajstić information content (AvgIpc) is 2.75. The molecule has 1 fully saturated rings. The summed E-state index contributed by atoms with van der Waals surface area (Å²) < 4.78 is 25.4. The molecule has 11 heteroatoms. The molecule has 0 bridgehead atoms. The molecule has 0 unspecified atom stereocenters. The van der Waals surface area contributed by atoms with Crippen LogP contribution >= 0.6 is 0 Å². The molecular weight excluding hydrogens is 443 g/mol. The minimum Gasteiger partial charge on any atom is -0.444 e. The van der Waals surface area contributed by atoms with Gasteiger partial charge in [-0.25, -0.2) is 19.2 Å². The van der Waals surface area contributed by atoms with E-state index in [-0.39, 0.29) is 12.1 Å². The van der Waals surface area contributed by atoms with E-state index in [9.17, 15) is 14.0 Å². The normalized spacial score (nSPS) is 18.3. The van der Waals surface area contributed by atoms with Gasteiger partial charge in [0, 0.05) is 32.1 Å². The number of ether oxygens (including phenoxy) is 2. The maximum absolute atomic E-state index is 15.0. The molecule has 2 aromatic rings.